The van der Waals surface area contributed by atoms with Crippen molar-refractivity contribution in [1.82, 2.24) is 14.9 Å². The summed E-state index contributed by atoms with van der Waals surface area (Å²) in [5.41, 5.74) is 4.01. The molecule has 0 aliphatic carbocycles. The highest BCUT2D eigenvalue weighted by Gasteiger charge is 2.28. The van der Waals surface area contributed by atoms with Crippen LogP contribution in [0.5, 0.6) is 0 Å². The zero-order valence-corrected chi connectivity index (χ0v) is 19.9. The third-order valence-corrected chi connectivity index (χ3v) is 6.97. The standard InChI is InChI=1S/C25H23N3O3S2/c1-17-27-22(23(33-17)19-11-7-4-8-12-19)24(29)28(2)20(13-18-9-5-3-6-10-18)15-31-25(30)21-14-26-16-32-21/h3-12,14,16,20H,13,15H2,1-2H3. The number of benzene rings is 2. The Labute approximate surface area is 200 Å². The van der Waals surface area contributed by atoms with Gasteiger partial charge in [0.1, 0.15) is 17.2 Å². The zero-order chi connectivity index (χ0) is 23.2. The smallest absolute Gasteiger partial charge is 0.350 e. The van der Waals surface area contributed by atoms with Gasteiger partial charge < -0.3 is 9.64 Å². The van der Waals surface area contributed by atoms with Crippen LogP contribution in [0.1, 0.15) is 30.7 Å². The van der Waals surface area contributed by atoms with Crippen molar-refractivity contribution in [2.45, 2.75) is 19.4 Å². The van der Waals surface area contributed by atoms with Crippen LogP contribution in [0.2, 0.25) is 0 Å². The monoisotopic (exact) mass is 477 g/mol. The van der Waals surface area contributed by atoms with Gasteiger partial charge in [-0.25, -0.2) is 9.78 Å². The minimum Gasteiger partial charge on any atom is -0.459 e. The van der Waals surface area contributed by atoms with Gasteiger partial charge >= 0.3 is 5.97 Å². The number of hydrogen-bond acceptors (Lipinski definition) is 7. The quantitative estimate of drug-likeness (QED) is 0.330. The highest BCUT2D eigenvalue weighted by molar-refractivity contribution is 7.15. The molecular formula is C25H23N3O3S2. The van der Waals surface area contributed by atoms with E-state index in [0.717, 1.165) is 21.0 Å². The van der Waals surface area contributed by atoms with Gasteiger partial charge in [0.2, 0.25) is 0 Å². The Morgan fingerprint density at radius 3 is 2.42 bits per heavy atom. The molecule has 0 bridgehead atoms. The summed E-state index contributed by atoms with van der Waals surface area (Å²) < 4.78 is 5.57. The van der Waals surface area contributed by atoms with Gasteiger partial charge in [-0.3, -0.25) is 9.78 Å². The number of amides is 1. The number of aromatic nitrogens is 2. The predicted octanol–water partition coefficient (Wildman–Crippen LogP) is 5.12. The second-order valence-electron chi connectivity index (χ2n) is 7.50. The molecule has 1 atom stereocenters. The minimum absolute atomic E-state index is 0.0671. The number of carbonyl (C=O) groups excluding carboxylic acids is 2. The Kier molecular flexibility index (Phi) is 7.26. The number of hydrogen-bond donors (Lipinski definition) is 0. The molecule has 6 nitrogen and oxygen atoms in total. The molecule has 0 fully saturated rings. The summed E-state index contributed by atoms with van der Waals surface area (Å²) in [6, 6.07) is 19.3. The summed E-state index contributed by atoms with van der Waals surface area (Å²) in [6.07, 6.45) is 2.03. The SMILES string of the molecule is Cc1nc(C(=O)N(C)C(COC(=O)c2cncs2)Cc2ccccc2)c(-c2ccccc2)s1. The average Bonchev–Trinajstić information content (AvgIpc) is 3.52. The number of ether oxygens (including phenoxy) is 1. The Hall–Kier alpha value is -3.36. The van der Waals surface area contributed by atoms with Gasteiger partial charge in [-0.05, 0) is 24.5 Å². The van der Waals surface area contributed by atoms with Crippen molar-refractivity contribution in [3.05, 3.63) is 93.5 Å². The minimum atomic E-state index is -0.439. The van der Waals surface area contributed by atoms with Gasteiger partial charge in [-0.2, -0.15) is 0 Å². The van der Waals surface area contributed by atoms with Crippen molar-refractivity contribution in [1.29, 1.82) is 0 Å². The van der Waals surface area contributed by atoms with E-state index >= 15 is 0 Å². The van der Waals surface area contributed by atoms with Crippen molar-refractivity contribution < 1.29 is 14.3 Å². The first-order chi connectivity index (χ1) is 16.0. The highest BCUT2D eigenvalue weighted by atomic mass is 32.1. The van der Waals surface area contributed by atoms with Gasteiger partial charge in [0.15, 0.2) is 0 Å². The number of esters is 1. The Morgan fingerprint density at radius 2 is 1.76 bits per heavy atom. The molecule has 2 heterocycles. The second kappa shape index (κ2) is 10.5. The van der Waals surface area contributed by atoms with Gasteiger partial charge in [-0.1, -0.05) is 60.7 Å². The van der Waals surface area contributed by atoms with Crippen LogP contribution in [0.25, 0.3) is 10.4 Å². The highest BCUT2D eigenvalue weighted by Crippen LogP contribution is 2.31. The van der Waals surface area contributed by atoms with E-state index in [-0.39, 0.29) is 18.6 Å². The lowest BCUT2D eigenvalue weighted by atomic mass is 10.0. The molecule has 1 amide bonds. The lowest BCUT2D eigenvalue weighted by molar-refractivity contribution is 0.0352. The van der Waals surface area contributed by atoms with Crippen molar-refractivity contribution in [2.24, 2.45) is 0 Å². The molecule has 0 saturated heterocycles. The van der Waals surface area contributed by atoms with E-state index < -0.39 is 5.97 Å². The summed E-state index contributed by atoms with van der Waals surface area (Å²) in [7, 11) is 1.74. The maximum Gasteiger partial charge on any atom is 0.350 e. The molecule has 4 rings (SSSR count). The van der Waals surface area contributed by atoms with Crippen LogP contribution in [0.15, 0.2) is 72.4 Å². The van der Waals surface area contributed by atoms with Crippen LogP contribution in [-0.4, -0.2) is 46.4 Å². The number of carbonyl (C=O) groups is 2. The van der Waals surface area contributed by atoms with Crippen molar-refractivity contribution in [2.75, 3.05) is 13.7 Å². The van der Waals surface area contributed by atoms with E-state index in [0.29, 0.717) is 17.0 Å². The summed E-state index contributed by atoms with van der Waals surface area (Å²) in [4.78, 5) is 37.4. The molecule has 0 aliphatic rings. The van der Waals surface area contributed by atoms with E-state index in [1.54, 1.807) is 17.5 Å². The molecule has 0 aliphatic heterocycles. The Bertz CT molecular complexity index is 1210. The molecule has 2 aromatic heterocycles. The van der Waals surface area contributed by atoms with Gasteiger partial charge in [0.05, 0.1) is 27.6 Å². The molecule has 1 unspecified atom stereocenters. The first-order valence-corrected chi connectivity index (χ1v) is 12.1. The molecule has 0 spiro atoms. The average molecular weight is 478 g/mol. The second-order valence-corrected chi connectivity index (χ2v) is 9.59. The molecule has 8 heteroatoms. The number of thiazole rings is 2. The molecule has 0 N–H and O–H groups in total. The van der Waals surface area contributed by atoms with Crippen LogP contribution in [-0.2, 0) is 11.2 Å². The number of aryl methyl sites for hydroxylation is 1. The zero-order valence-electron chi connectivity index (χ0n) is 18.3. The molecule has 2 aromatic carbocycles. The summed E-state index contributed by atoms with van der Waals surface area (Å²) in [5, 5.41) is 0.821. The lowest BCUT2D eigenvalue weighted by Crippen LogP contribution is -2.42. The van der Waals surface area contributed by atoms with Crippen LogP contribution in [0, 0.1) is 6.92 Å². The van der Waals surface area contributed by atoms with Gasteiger partial charge in [0.25, 0.3) is 5.91 Å². The normalized spacial score (nSPS) is 11.7. The Balaban J connectivity index is 1.58. The van der Waals surface area contributed by atoms with Crippen molar-refractivity contribution in [3.8, 4) is 10.4 Å². The third kappa shape index (κ3) is 5.53. The van der Waals surface area contributed by atoms with Gasteiger partial charge in [0, 0.05) is 7.05 Å². The van der Waals surface area contributed by atoms with Crippen LogP contribution < -0.4 is 0 Å². The fourth-order valence-corrected chi connectivity index (χ4v) is 4.87. The van der Waals surface area contributed by atoms with E-state index in [9.17, 15) is 9.59 Å². The van der Waals surface area contributed by atoms with Crippen LogP contribution >= 0.6 is 22.7 Å². The predicted molar refractivity (Wildman–Crippen MR) is 131 cm³/mol. The van der Waals surface area contributed by atoms with E-state index in [4.69, 9.17) is 4.74 Å². The summed E-state index contributed by atoms with van der Waals surface area (Å²) in [6.45, 7) is 1.96. The molecule has 168 valence electrons. The molecule has 4 aromatic rings. The summed E-state index contributed by atoms with van der Waals surface area (Å²) in [5.74, 6) is -0.640. The first kappa shape index (κ1) is 22.8. The van der Waals surface area contributed by atoms with E-state index in [1.165, 1.54) is 28.9 Å². The molecule has 0 saturated carbocycles. The van der Waals surface area contributed by atoms with Crippen LogP contribution in [0.3, 0.4) is 0 Å². The number of rotatable bonds is 8. The van der Waals surface area contributed by atoms with E-state index in [1.807, 2.05) is 67.6 Å². The maximum absolute atomic E-state index is 13.6. The topological polar surface area (TPSA) is 72.4 Å². The third-order valence-electron chi connectivity index (χ3n) is 5.20. The molecule has 0 radical (unpaired) electrons. The molecule has 33 heavy (non-hydrogen) atoms. The number of nitrogens with zero attached hydrogens (tertiary/aromatic N) is 3. The van der Waals surface area contributed by atoms with Crippen LogP contribution in [0.4, 0.5) is 0 Å². The maximum atomic E-state index is 13.6. The summed E-state index contributed by atoms with van der Waals surface area (Å²) >= 11 is 2.72. The fraction of sp³-hybridized carbons (Fsp3) is 0.200. The van der Waals surface area contributed by atoms with Gasteiger partial charge in [-0.15, -0.1) is 22.7 Å². The molecular weight excluding hydrogens is 454 g/mol. The number of likely N-dealkylation sites (N-methyl/N-ethyl adjacent to an activating group) is 1. The van der Waals surface area contributed by atoms with Crippen molar-refractivity contribution >= 4 is 34.6 Å². The lowest BCUT2D eigenvalue weighted by Gasteiger charge is -2.28. The Morgan fingerprint density at radius 1 is 1.06 bits per heavy atom. The largest absolute Gasteiger partial charge is 0.459 e. The first-order valence-electron chi connectivity index (χ1n) is 10.4. The van der Waals surface area contributed by atoms with E-state index in [2.05, 4.69) is 9.97 Å². The fourth-order valence-electron chi connectivity index (χ4n) is 3.44. The van der Waals surface area contributed by atoms with Crippen molar-refractivity contribution in [3.63, 3.8) is 0 Å².